The molecule has 1 heterocycles. The maximum atomic E-state index is 12.8. The van der Waals surface area contributed by atoms with Crippen LogP contribution >= 0.6 is 11.8 Å². The highest BCUT2D eigenvalue weighted by molar-refractivity contribution is 7.97. The van der Waals surface area contributed by atoms with E-state index < -0.39 is 10.0 Å². The zero-order chi connectivity index (χ0) is 21.0. The number of benzene rings is 2. The Kier molecular flexibility index (Phi) is 6.66. The fraction of sp³-hybridized carbons (Fsp3) is 0.286. The number of sulfonamides is 1. The molecule has 1 N–H and O–H groups in total. The Morgan fingerprint density at radius 2 is 1.72 bits per heavy atom. The van der Waals surface area contributed by atoms with Crippen molar-refractivity contribution >= 4 is 44.3 Å². The summed E-state index contributed by atoms with van der Waals surface area (Å²) >= 11 is 1.61. The second kappa shape index (κ2) is 9.02. The number of para-hydroxylation sites is 1. The molecule has 0 saturated heterocycles. The molecule has 0 fully saturated rings. The number of carbonyl (C=O) groups excluding carboxylic acids is 1. The quantitative estimate of drug-likeness (QED) is 0.564. The number of hydrogen-bond acceptors (Lipinski definition) is 5. The van der Waals surface area contributed by atoms with Crippen molar-refractivity contribution in [1.82, 2.24) is 4.31 Å². The highest BCUT2D eigenvalue weighted by Crippen LogP contribution is 2.29. The lowest BCUT2D eigenvalue weighted by atomic mass is 10.1. The smallest absolute Gasteiger partial charge is 0.291 e. The number of nitrogens with one attached hydrogen (secondary N) is 1. The average Bonchev–Trinajstić information content (AvgIpc) is 3.08. The molecule has 8 heteroatoms. The summed E-state index contributed by atoms with van der Waals surface area (Å²) in [6, 6.07) is 13.7. The van der Waals surface area contributed by atoms with Gasteiger partial charge in [0, 0.05) is 35.5 Å². The van der Waals surface area contributed by atoms with E-state index in [0.29, 0.717) is 30.1 Å². The Bertz CT molecular complexity index is 1100. The van der Waals surface area contributed by atoms with Gasteiger partial charge in [0.1, 0.15) is 5.58 Å². The van der Waals surface area contributed by atoms with Crippen LogP contribution in [0.1, 0.15) is 30.0 Å². The Morgan fingerprint density at radius 1 is 1.07 bits per heavy atom. The van der Waals surface area contributed by atoms with E-state index in [0.717, 1.165) is 10.9 Å². The molecule has 0 aliphatic carbocycles. The lowest BCUT2D eigenvalue weighted by molar-refractivity contribution is 0.0998. The number of anilines is 1. The SMILES string of the molecule is CCN(CC)S(=O)(=O)c1ccc(NC(=O)c2oc3ccccc3c2CSC)cc1. The zero-order valence-electron chi connectivity index (χ0n) is 16.6. The first-order valence-electron chi connectivity index (χ1n) is 9.33. The molecular weight excluding hydrogens is 408 g/mol. The van der Waals surface area contributed by atoms with E-state index in [2.05, 4.69) is 5.32 Å². The molecule has 2 aromatic carbocycles. The van der Waals surface area contributed by atoms with Crippen LogP contribution < -0.4 is 5.32 Å². The second-order valence-corrected chi connectivity index (χ2v) is 9.21. The van der Waals surface area contributed by atoms with Crippen LogP contribution in [-0.4, -0.2) is 38.0 Å². The van der Waals surface area contributed by atoms with Crippen molar-refractivity contribution in [3.63, 3.8) is 0 Å². The normalized spacial score (nSPS) is 11.9. The molecule has 0 aliphatic rings. The van der Waals surface area contributed by atoms with E-state index in [9.17, 15) is 13.2 Å². The Balaban J connectivity index is 1.85. The molecule has 1 aromatic heterocycles. The van der Waals surface area contributed by atoms with Gasteiger partial charge in [0.05, 0.1) is 4.90 Å². The number of hydrogen-bond donors (Lipinski definition) is 1. The summed E-state index contributed by atoms with van der Waals surface area (Å²) in [4.78, 5) is 13.0. The van der Waals surface area contributed by atoms with Gasteiger partial charge in [-0.05, 0) is 36.6 Å². The van der Waals surface area contributed by atoms with Gasteiger partial charge in [-0.15, -0.1) is 0 Å². The number of fused-ring (bicyclic) bond motifs is 1. The van der Waals surface area contributed by atoms with Gasteiger partial charge in [-0.1, -0.05) is 32.0 Å². The van der Waals surface area contributed by atoms with E-state index >= 15 is 0 Å². The maximum absolute atomic E-state index is 12.8. The minimum absolute atomic E-state index is 0.200. The van der Waals surface area contributed by atoms with E-state index in [1.165, 1.54) is 16.4 Å². The first kappa shape index (κ1) is 21.4. The molecule has 0 bridgehead atoms. The Labute approximate surface area is 175 Å². The molecule has 154 valence electrons. The van der Waals surface area contributed by atoms with Crippen molar-refractivity contribution in [2.45, 2.75) is 24.5 Å². The van der Waals surface area contributed by atoms with Crippen molar-refractivity contribution in [3.8, 4) is 0 Å². The zero-order valence-corrected chi connectivity index (χ0v) is 18.3. The number of thioether (sulfide) groups is 1. The van der Waals surface area contributed by atoms with Gasteiger partial charge in [0.2, 0.25) is 10.0 Å². The molecule has 0 atom stereocenters. The summed E-state index contributed by atoms with van der Waals surface area (Å²) in [5.74, 6) is 0.575. The average molecular weight is 433 g/mol. The van der Waals surface area contributed by atoms with Crippen molar-refractivity contribution in [1.29, 1.82) is 0 Å². The molecule has 3 aromatic rings. The van der Waals surface area contributed by atoms with Crippen LogP contribution in [-0.2, 0) is 15.8 Å². The van der Waals surface area contributed by atoms with Crippen molar-refractivity contribution < 1.29 is 17.6 Å². The van der Waals surface area contributed by atoms with Crippen LogP contribution in [0, 0.1) is 0 Å². The summed E-state index contributed by atoms with van der Waals surface area (Å²) in [5.41, 5.74) is 2.03. The van der Waals surface area contributed by atoms with E-state index in [1.807, 2.05) is 30.5 Å². The summed E-state index contributed by atoms with van der Waals surface area (Å²) < 4.78 is 32.4. The van der Waals surface area contributed by atoms with E-state index in [4.69, 9.17) is 4.42 Å². The lowest BCUT2D eigenvalue weighted by Gasteiger charge is -2.18. The molecule has 0 spiro atoms. The molecular formula is C21H24N2O4S2. The minimum Gasteiger partial charge on any atom is -0.451 e. The summed E-state index contributed by atoms with van der Waals surface area (Å²) in [6.45, 7) is 4.41. The fourth-order valence-corrected chi connectivity index (χ4v) is 5.21. The first-order valence-corrected chi connectivity index (χ1v) is 12.2. The highest BCUT2D eigenvalue weighted by Gasteiger charge is 2.22. The lowest BCUT2D eigenvalue weighted by Crippen LogP contribution is -2.30. The van der Waals surface area contributed by atoms with Gasteiger partial charge in [-0.2, -0.15) is 16.1 Å². The number of furan rings is 1. The van der Waals surface area contributed by atoms with Crippen molar-refractivity contribution in [2.24, 2.45) is 0 Å². The maximum Gasteiger partial charge on any atom is 0.291 e. The number of amides is 1. The highest BCUT2D eigenvalue weighted by atomic mass is 32.2. The molecule has 0 radical (unpaired) electrons. The third-order valence-electron chi connectivity index (χ3n) is 4.65. The second-order valence-electron chi connectivity index (χ2n) is 6.41. The molecule has 3 rings (SSSR count). The topological polar surface area (TPSA) is 79.6 Å². The van der Waals surface area contributed by atoms with Crippen LogP contribution in [0.3, 0.4) is 0 Å². The van der Waals surface area contributed by atoms with Gasteiger partial charge in [0.25, 0.3) is 5.91 Å². The third kappa shape index (κ3) is 4.34. The number of nitrogens with zero attached hydrogens (tertiary/aromatic N) is 1. The molecule has 29 heavy (non-hydrogen) atoms. The fourth-order valence-electron chi connectivity index (χ4n) is 3.18. The van der Waals surface area contributed by atoms with E-state index in [-0.39, 0.29) is 16.6 Å². The van der Waals surface area contributed by atoms with Crippen molar-refractivity contribution in [3.05, 3.63) is 59.9 Å². The summed E-state index contributed by atoms with van der Waals surface area (Å²) in [7, 11) is -3.53. The van der Waals surface area contributed by atoms with Gasteiger partial charge >= 0.3 is 0 Å². The van der Waals surface area contributed by atoms with Gasteiger partial charge in [-0.25, -0.2) is 8.42 Å². The molecule has 6 nitrogen and oxygen atoms in total. The van der Waals surface area contributed by atoms with Crippen LogP contribution in [0.5, 0.6) is 0 Å². The molecule has 1 amide bonds. The van der Waals surface area contributed by atoms with E-state index in [1.54, 1.807) is 37.7 Å². The van der Waals surface area contributed by atoms with Crippen LogP contribution in [0.2, 0.25) is 0 Å². The van der Waals surface area contributed by atoms with Gasteiger partial charge in [-0.3, -0.25) is 4.79 Å². The predicted octanol–water partition coefficient (Wildman–Crippen LogP) is 4.58. The van der Waals surface area contributed by atoms with Gasteiger partial charge in [0.15, 0.2) is 5.76 Å². The summed E-state index contributed by atoms with van der Waals surface area (Å²) in [6.07, 6.45) is 1.97. The minimum atomic E-state index is -3.53. The number of carbonyl (C=O) groups is 1. The molecule has 0 unspecified atom stereocenters. The number of rotatable bonds is 8. The van der Waals surface area contributed by atoms with Crippen molar-refractivity contribution in [2.75, 3.05) is 24.7 Å². The van der Waals surface area contributed by atoms with Crippen LogP contribution in [0.25, 0.3) is 11.0 Å². The molecule has 0 aliphatic heterocycles. The predicted molar refractivity (Wildman–Crippen MR) is 118 cm³/mol. The molecule has 0 saturated carbocycles. The third-order valence-corrected chi connectivity index (χ3v) is 7.29. The standard InChI is InChI=1S/C21H24N2O4S2/c1-4-23(5-2)29(25,26)16-12-10-15(11-13-16)22-21(24)20-18(14-28-3)17-8-6-7-9-19(17)27-20/h6-13H,4-5,14H2,1-3H3,(H,22,24). The Hall–Kier alpha value is -2.29. The Morgan fingerprint density at radius 3 is 2.34 bits per heavy atom. The van der Waals surface area contributed by atoms with Crippen LogP contribution in [0.4, 0.5) is 5.69 Å². The van der Waals surface area contributed by atoms with Crippen LogP contribution in [0.15, 0.2) is 57.8 Å². The van der Waals surface area contributed by atoms with Gasteiger partial charge < -0.3 is 9.73 Å². The monoisotopic (exact) mass is 432 g/mol. The summed E-state index contributed by atoms with van der Waals surface area (Å²) in [5, 5.41) is 3.73. The largest absolute Gasteiger partial charge is 0.451 e. The first-order chi connectivity index (χ1) is 13.9.